The molecule has 0 aromatic carbocycles. The Morgan fingerprint density at radius 2 is 2.21 bits per heavy atom. The van der Waals surface area contributed by atoms with Gasteiger partial charge in [-0.2, -0.15) is 0 Å². The van der Waals surface area contributed by atoms with E-state index in [1.165, 1.54) is 7.11 Å². The number of guanidine groups is 1. The molecular weight excluding hydrogens is 306 g/mol. The lowest BCUT2D eigenvalue weighted by Gasteiger charge is -2.33. The zero-order valence-electron chi connectivity index (χ0n) is 14.1. The molecule has 0 saturated carbocycles. The summed E-state index contributed by atoms with van der Waals surface area (Å²) < 4.78 is 6.83. The first-order valence-corrected chi connectivity index (χ1v) is 8.17. The number of carbonyl (C=O) groups excluding carboxylic acids is 1. The van der Waals surface area contributed by atoms with Gasteiger partial charge in [-0.1, -0.05) is 6.07 Å². The minimum absolute atomic E-state index is 0.00259. The molecular formula is C17H23N5O2. The highest BCUT2D eigenvalue weighted by atomic mass is 16.5. The Kier molecular flexibility index (Phi) is 4.98. The van der Waals surface area contributed by atoms with Crippen molar-refractivity contribution in [1.82, 2.24) is 19.6 Å². The molecule has 24 heavy (non-hydrogen) atoms. The molecule has 1 aliphatic heterocycles. The number of piperidine rings is 1. The van der Waals surface area contributed by atoms with Crippen LogP contribution in [0.4, 0.5) is 0 Å². The van der Waals surface area contributed by atoms with Gasteiger partial charge in [-0.05, 0) is 25.0 Å². The molecule has 1 N–H and O–H groups in total. The smallest absolute Gasteiger partial charge is 0.308 e. The van der Waals surface area contributed by atoms with Crippen LogP contribution in [0, 0.1) is 5.92 Å². The Morgan fingerprint density at radius 3 is 2.88 bits per heavy atom. The van der Waals surface area contributed by atoms with Crippen LogP contribution in [0.2, 0.25) is 0 Å². The first-order chi connectivity index (χ1) is 11.7. The number of methoxy groups -OCH3 is 1. The van der Waals surface area contributed by atoms with E-state index in [1.54, 1.807) is 7.05 Å². The standard InChI is InChI=1S/C17H23N5O2/c1-18-17(21-9-6-13(7-10-21)16(23)24-2)19-11-14-12-22-8-4-3-5-15(22)20-14/h3-5,8,12-13H,6-7,9-11H2,1-2H3,(H,18,19). The normalized spacial score (nSPS) is 16.4. The maximum absolute atomic E-state index is 11.6. The van der Waals surface area contributed by atoms with Gasteiger partial charge in [-0.25, -0.2) is 4.98 Å². The Hall–Kier alpha value is -2.57. The first-order valence-electron chi connectivity index (χ1n) is 8.17. The molecule has 128 valence electrons. The number of likely N-dealkylation sites (tertiary alicyclic amines) is 1. The van der Waals surface area contributed by atoms with Gasteiger partial charge in [0.2, 0.25) is 0 Å². The number of fused-ring (bicyclic) bond motifs is 1. The average Bonchev–Trinajstić information content (AvgIpc) is 3.05. The van der Waals surface area contributed by atoms with Crippen LogP contribution >= 0.6 is 0 Å². The van der Waals surface area contributed by atoms with E-state index in [0.29, 0.717) is 6.54 Å². The monoisotopic (exact) mass is 329 g/mol. The van der Waals surface area contributed by atoms with E-state index >= 15 is 0 Å². The molecule has 0 atom stereocenters. The molecule has 0 amide bonds. The van der Waals surface area contributed by atoms with Gasteiger partial charge in [0.1, 0.15) is 5.65 Å². The van der Waals surface area contributed by atoms with E-state index in [2.05, 4.69) is 20.2 Å². The number of esters is 1. The van der Waals surface area contributed by atoms with E-state index in [9.17, 15) is 4.79 Å². The van der Waals surface area contributed by atoms with Gasteiger partial charge in [0.05, 0.1) is 25.3 Å². The third kappa shape index (κ3) is 3.50. The summed E-state index contributed by atoms with van der Waals surface area (Å²) in [7, 11) is 3.22. The molecule has 1 aliphatic rings. The summed E-state index contributed by atoms with van der Waals surface area (Å²) in [5, 5.41) is 3.36. The second-order valence-corrected chi connectivity index (χ2v) is 5.88. The molecule has 3 heterocycles. The summed E-state index contributed by atoms with van der Waals surface area (Å²) in [5.74, 6) is 0.737. The highest BCUT2D eigenvalue weighted by Gasteiger charge is 2.26. The topological polar surface area (TPSA) is 71.2 Å². The molecule has 1 fully saturated rings. The number of aliphatic imine (C=N–C) groups is 1. The van der Waals surface area contributed by atoms with E-state index in [0.717, 1.165) is 43.2 Å². The number of rotatable bonds is 3. The Morgan fingerprint density at radius 1 is 1.42 bits per heavy atom. The van der Waals surface area contributed by atoms with E-state index in [1.807, 2.05) is 35.0 Å². The van der Waals surface area contributed by atoms with Gasteiger partial charge in [0, 0.05) is 32.5 Å². The number of nitrogens with one attached hydrogen (secondary N) is 1. The van der Waals surface area contributed by atoms with Crippen molar-refractivity contribution in [1.29, 1.82) is 0 Å². The fourth-order valence-electron chi connectivity index (χ4n) is 3.07. The van der Waals surface area contributed by atoms with Crippen LogP contribution in [0.1, 0.15) is 18.5 Å². The van der Waals surface area contributed by atoms with Gasteiger partial charge in [0.25, 0.3) is 0 Å². The first kappa shape index (κ1) is 16.3. The van der Waals surface area contributed by atoms with Crippen molar-refractivity contribution in [3.05, 3.63) is 36.3 Å². The molecule has 2 aromatic rings. The van der Waals surface area contributed by atoms with Crippen molar-refractivity contribution in [2.45, 2.75) is 19.4 Å². The maximum atomic E-state index is 11.6. The fraction of sp³-hybridized carbons (Fsp3) is 0.471. The molecule has 0 unspecified atom stereocenters. The van der Waals surface area contributed by atoms with Gasteiger partial charge in [-0.15, -0.1) is 0 Å². The van der Waals surface area contributed by atoms with Crippen LogP contribution in [0.25, 0.3) is 5.65 Å². The van der Waals surface area contributed by atoms with Crippen LogP contribution in [0.5, 0.6) is 0 Å². The molecule has 1 saturated heterocycles. The summed E-state index contributed by atoms with van der Waals surface area (Å²) >= 11 is 0. The van der Waals surface area contributed by atoms with Crippen molar-refractivity contribution in [3.63, 3.8) is 0 Å². The molecule has 7 heteroatoms. The number of nitrogens with zero attached hydrogens (tertiary/aromatic N) is 4. The average molecular weight is 329 g/mol. The number of hydrogen-bond donors (Lipinski definition) is 1. The van der Waals surface area contributed by atoms with Crippen molar-refractivity contribution in [2.75, 3.05) is 27.2 Å². The van der Waals surface area contributed by atoms with Gasteiger partial charge in [0.15, 0.2) is 5.96 Å². The minimum atomic E-state index is -0.109. The summed E-state index contributed by atoms with van der Waals surface area (Å²) in [6.45, 7) is 2.21. The number of ether oxygens (including phenoxy) is 1. The van der Waals surface area contributed by atoms with Crippen LogP contribution in [0.3, 0.4) is 0 Å². The highest BCUT2D eigenvalue weighted by molar-refractivity contribution is 5.80. The molecule has 0 radical (unpaired) electrons. The van der Waals surface area contributed by atoms with E-state index < -0.39 is 0 Å². The summed E-state index contributed by atoms with van der Waals surface area (Å²) in [5.41, 5.74) is 1.90. The van der Waals surface area contributed by atoms with E-state index in [4.69, 9.17) is 4.74 Å². The zero-order chi connectivity index (χ0) is 16.9. The summed E-state index contributed by atoms with van der Waals surface area (Å²) in [6, 6.07) is 5.94. The predicted molar refractivity (Wildman–Crippen MR) is 91.7 cm³/mol. The molecule has 0 spiro atoms. The summed E-state index contributed by atoms with van der Waals surface area (Å²) in [4.78, 5) is 22.7. The third-order valence-corrected chi connectivity index (χ3v) is 4.38. The third-order valence-electron chi connectivity index (χ3n) is 4.38. The quantitative estimate of drug-likeness (QED) is 0.522. The number of pyridine rings is 1. The van der Waals surface area contributed by atoms with Crippen LogP contribution in [0.15, 0.2) is 35.6 Å². The lowest BCUT2D eigenvalue weighted by Crippen LogP contribution is -2.46. The second kappa shape index (κ2) is 7.33. The number of hydrogen-bond acceptors (Lipinski definition) is 4. The number of imidazole rings is 1. The SMILES string of the molecule is CN=C(NCc1cn2ccccc2n1)N1CCC(C(=O)OC)CC1. The van der Waals surface area contributed by atoms with Gasteiger partial charge in [-0.3, -0.25) is 9.79 Å². The van der Waals surface area contributed by atoms with Crippen molar-refractivity contribution >= 4 is 17.6 Å². The van der Waals surface area contributed by atoms with Crippen molar-refractivity contribution in [2.24, 2.45) is 10.9 Å². The molecule has 2 aromatic heterocycles. The Bertz CT molecular complexity index is 698. The second-order valence-electron chi connectivity index (χ2n) is 5.88. The zero-order valence-corrected chi connectivity index (χ0v) is 14.1. The van der Waals surface area contributed by atoms with Gasteiger partial charge < -0.3 is 19.4 Å². The van der Waals surface area contributed by atoms with Crippen LogP contribution < -0.4 is 5.32 Å². The molecule has 0 bridgehead atoms. The van der Waals surface area contributed by atoms with Crippen LogP contribution in [-0.4, -0.2) is 53.5 Å². The molecule has 3 rings (SSSR count). The fourth-order valence-corrected chi connectivity index (χ4v) is 3.07. The highest BCUT2D eigenvalue weighted by Crippen LogP contribution is 2.18. The lowest BCUT2D eigenvalue weighted by atomic mass is 9.97. The number of carbonyl (C=O) groups is 1. The van der Waals surface area contributed by atoms with E-state index in [-0.39, 0.29) is 11.9 Å². The Labute approximate surface area is 141 Å². The molecule has 0 aliphatic carbocycles. The summed E-state index contributed by atoms with van der Waals surface area (Å²) in [6.07, 6.45) is 5.58. The molecule has 7 nitrogen and oxygen atoms in total. The van der Waals surface area contributed by atoms with Crippen molar-refractivity contribution in [3.8, 4) is 0 Å². The number of aromatic nitrogens is 2. The maximum Gasteiger partial charge on any atom is 0.308 e. The lowest BCUT2D eigenvalue weighted by molar-refractivity contribution is -0.146. The minimum Gasteiger partial charge on any atom is -0.469 e. The predicted octanol–water partition coefficient (Wildman–Crippen LogP) is 1.29. The van der Waals surface area contributed by atoms with Crippen LogP contribution in [-0.2, 0) is 16.1 Å². The largest absolute Gasteiger partial charge is 0.469 e. The van der Waals surface area contributed by atoms with Gasteiger partial charge >= 0.3 is 5.97 Å². The van der Waals surface area contributed by atoms with Crippen molar-refractivity contribution < 1.29 is 9.53 Å². The Balaban J connectivity index is 1.56.